The van der Waals surface area contributed by atoms with E-state index >= 15 is 0 Å². The monoisotopic (exact) mass is 261 g/mol. The molecule has 1 atom stereocenters. The van der Waals surface area contributed by atoms with E-state index in [1.807, 2.05) is 0 Å². The first-order valence-corrected chi connectivity index (χ1v) is 7.50. The van der Waals surface area contributed by atoms with E-state index in [1.54, 1.807) is 0 Å². The van der Waals surface area contributed by atoms with Gasteiger partial charge in [-0.1, -0.05) is 46.5 Å². The summed E-state index contributed by atoms with van der Waals surface area (Å²) in [5, 5.41) is 3.08. The van der Waals surface area contributed by atoms with Crippen molar-refractivity contribution in [3.63, 3.8) is 0 Å². The number of amides is 1. The third kappa shape index (κ3) is 9.46. The molecule has 0 heterocycles. The van der Waals surface area contributed by atoms with Crippen LogP contribution in [0.1, 0.15) is 65.7 Å². The summed E-state index contributed by atoms with van der Waals surface area (Å²) in [7, 11) is 0. The summed E-state index contributed by atoms with van der Waals surface area (Å²) >= 11 is 5.73. The van der Waals surface area contributed by atoms with Gasteiger partial charge in [0, 0.05) is 18.3 Å². The Morgan fingerprint density at radius 2 is 1.82 bits per heavy atom. The Bertz CT molecular complexity index is 195. The van der Waals surface area contributed by atoms with Crippen LogP contribution >= 0.6 is 11.6 Å². The lowest BCUT2D eigenvalue weighted by Gasteiger charge is -2.21. The van der Waals surface area contributed by atoms with Crippen molar-refractivity contribution in [3.05, 3.63) is 0 Å². The highest BCUT2D eigenvalue weighted by molar-refractivity contribution is 6.17. The zero-order valence-electron chi connectivity index (χ0n) is 11.6. The van der Waals surface area contributed by atoms with Gasteiger partial charge in [-0.25, -0.2) is 0 Å². The highest BCUT2D eigenvalue weighted by Crippen LogP contribution is 2.09. The zero-order chi connectivity index (χ0) is 13.1. The van der Waals surface area contributed by atoms with Crippen LogP contribution in [0.5, 0.6) is 0 Å². The normalized spacial score (nSPS) is 12.8. The molecular formula is C14H28ClNO. The van der Waals surface area contributed by atoms with E-state index in [1.165, 1.54) is 25.7 Å². The average Bonchev–Trinajstić information content (AvgIpc) is 2.28. The van der Waals surface area contributed by atoms with Gasteiger partial charge in [0.05, 0.1) is 0 Å². The van der Waals surface area contributed by atoms with Crippen LogP contribution in [-0.4, -0.2) is 17.8 Å². The molecule has 1 N–H and O–H groups in total. The second kappa shape index (κ2) is 10.9. The zero-order valence-corrected chi connectivity index (χ0v) is 12.4. The molecule has 1 unspecified atom stereocenters. The van der Waals surface area contributed by atoms with Crippen molar-refractivity contribution in [2.75, 3.05) is 5.88 Å². The van der Waals surface area contributed by atoms with Gasteiger partial charge in [0.15, 0.2) is 0 Å². The maximum atomic E-state index is 11.7. The molecule has 0 spiro atoms. The Hall–Kier alpha value is -0.240. The van der Waals surface area contributed by atoms with E-state index in [9.17, 15) is 4.79 Å². The lowest BCUT2D eigenvalue weighted by molar-refractivity contribution is -0.122. The standard InChI is InChI=1S/C14H28ClNO/c1-4-5-6-7-8-9-14(17)16-13(10-11-15)12(2)3/h12-13H,4-11H2,1-3H3,(H,16,17). The topological polar surface area (TPSA) is 29.1 Å². The molecule has 0 aliphatic heterocycles. The van der Waals surface area contributed by atoms with E-state index < -0.39 is 0 Å². The summed E-state index contributed by atoms with van der Waals surface area (Å²) < 4.78 is 0. The first-order valence-electron chi connectivity index (χ1n) is 6.97. The molecule has 0 radical (unpaired) electrons. The number of rotatable bonds is 10. The van der Waals surface area contributed by atoms with Gasteiger partial charge in [-0.3, -0.25) is 4.79 Å². The van der Waals surface area contributed by atoms with Crippen molar-refractivity contribution < 1.29 is 4.79 Å². The summed E-state index contributed by atoms with van der Waals surface area (Å²) in [6, 6.07) is 0.232. The molecule has 0 aliphatic rings. The Morgan fingerprint density at radius 3 is 2.35 bits per heavy atom. The van der Waals surface area contributed by atoms with Gasteiger partial charge in [0.1, 0.15) is 0 Å². The number of nitrogens with one attached hydrogen (secondary N) is 1. The van der Waals surface area contributed by atoms with E-state index in [2.05, 4.69) is 26.1 Å². The van der Waals surface area contributed by atoms with Crippen LogP contribution in [0.25, 0.3) is 0 Å². The Morgan fingerprint density at radius 1 is 1.18 bits per heavy atom. The minimum Gasteiger partial charge on any atom is -0.353 e. The number of carbonyl (C=O) groups is 1. The molecule has 0 aromatic heterocycles. The number of hydrogen-bond donors (Lipinski definition) is 1. The molecule has 0 saturated carbocycles. The van der Waals surface area contributed by atoms with E-state index in [0.717, 1.165) is 12.8 Å². The van der Waals surface area contributed by atoms with E-state index in [4.69, 9.17) is 11.6 Å². The maximum absolute atomic E-state index is 11.7. The van der Waals surface area contributed by atoms with Gasteiger partial charge in [-0.05, 0) is 18.8 Å². The van der Waals surface area contributed by atoms with Gasteiger partial charge in [0.2, 0.25) is 5.91 Å². The van der Waals surface area contributed by atoms with Crippen molar-refractivity contribution in [1.82, 2.24) is 5.32 Å². The van der Waals surface area contributed by atoms with E-state index in [-0.39, 0.29) is 11.9 Å². The van der Waals surface area contributed by atoms with Gasteiger partial charge in [0.25, 0.3) is 0 Å². The Labute approximate surface area is 111 Å². The van der Waals surface area contributed by atoms with Crippen LogP contribution < -0.4 is 5.32 Å². The van der Waals surface area contributed by atoms with E-state index in [0.29, 0.717) is 18.2 Å². The fourth-order valence-corrected chi connectivity index (χ4v) is 2.09. The Balaban J connectivity index is 3.67. The fraction of sp³-hybridized carbons (Fsp3) is 0.929. The number of halogens is 1. The van der Waals surface area contributed by atoms with Crippen molar-refractivity contribution in [2.45, 2.75) is 71.8 Å². The third-order valence-electron chi connectivity index (χ3n) is 3.08. The minimum atomic E-state index is 0.185. The molecule has 102 valence electrons. The van der Waals surface area contributed by atoms with Gasteiger partial charge < -0.3 is 5.32 Å². The van der Waals surface area contributed by atoms with Crippen LogP contribution in [0, 0.1) is 5.92 Å². The molecule has 1 amide bonds. The predicted octanol–water partition coefficient (Wildman–Crippen LogP) is 4.12. The molecule has 17 heavy (non-hydrogen) atoms. The molecule has 0 aromatic rings. The van der Waals surface area contributed by atoms with Crippen LogP contribution in [-0.2, 0) is 4.79 Å². The number of alkyl halides is 1. The molecule has 0 rings (SSSR count). The summed E-state index contributed by atoms with van der Waals surface area (Å²) in [6.07, 6.45) is 7.48. The molecule has 0 aromatic carbocycles. The van der Waals surface area contributed by atoms with Crippen molar-refractivity contribution in [2.24, 2.45) is 5.92 Å². The van der Waals surface area contributed by atoms with Gasteiger partial charge in [-0.2, -0.15) is 0 Å². The summed E-state index contributed by atoms with van der Waals surface area (Å²) in [5.41, 5.74) is 0. The van der Waals surface area contributed by atoms with Crippen LogP contribution in [0.2, 0.25) is 0 Å². The number of carbonyl (C=O) groups excluding carboxylic acids is 1. The van der Waals surface area contributed by atoms with Gasteiger partial charge in [-0.15, -0.1) is 11.6 Å². The summed E-state index contributed by atoms with van der Waals surface area (Å²) in [4.78, 5) is 11.7. The lowest BCUT2D eigenvalue weighted by Crippen LogP contribution is -2.38. The lowest BCUT2D eigenvalue weighted by atomic mass is 10.0. The number of unbranched alkanes of at least 4 members (excludes halogenated alkanes) is 4. The highest BCUT2D eigenvalue weighted by atomic mass is 35.5. The molecule has 3 heteroatoms. The molecule has 0 saturated heterocycles. The van der Waals surface area contributed by atoms with Crippen molar-refractivity contribution in [1.29, 1.82) is 0 Å². The maximum Gasteiger partial charge on any atom is 0.220 e. The highest BCUT2D eigenvalue weighted by Gasteiger charge is 2.14. The molecule has 0 aliphatic carbocycles. The first kappa shape index (κ1) is 16.8. The summed E-state index contributed by atoms with van der Waals surface area (Å²) in [6.45, 7) is 6.45. The Kier molecular flexibility index (Phi) is 10.7. The fourth-order valence-electron chi connectivity index (χ4n) is 1.86. The molecule has 0 fully saturated rings. The molecule has 0 bridgehead atoms. The third-order valence-corrected chi connectivity index (χ3v) is 3.30. The quantitative estimate of drug-likeness (QED) is 0.465. The smallest absolute Gasteiger partial charge is 0.220 e. The van der Waals surface area contributed by atoms with Crippen LogP contribution in [0.4, 0.5) is 0 Å². The second-order valence-corrected chi connectivity index (χ2v) is 5.44. The predicted molar refractivity (Wildman–Crippen MR) is 75.5 cm³/mol. The average molecular weight is 262 g/mol. The van der Waals surface area contributed by atoms with Gasteiger partial charge >= 0.3 is 0 Å². The summed E-state index contributed by atoms with van der Waals surface area (Å²) in [5.74, 6) is 1.25. The van der Waals surface area contributed by atoms with Crippen LogP contribution in [0.15, 0.2) is 0 Å². The van der Waals surface area contributed by atoms with Crippen LogP contribution in [0.3, 0.4) is 0 Å². The number of hydrogen-bond acceptors (Lipinski definition) is 1. The second-order valence-electron chi connectivity index (χ2n) is 5.06. The molecule has 2 nitrogen and oxygen atoms in total. The minimum absolute atomic E-state index is 0.185. The molecular weight excluding hydrogens is 234 g/mol. The largest absolute Gasteiger partial charge is 0.353 e. The van der Waals surface area contributed by atoms with Crippen molar-refractivity contribution >= 4 is 17.5 Å². The SMILES string of the molecule is CCCCCCCC(=O)NC(CCCl)C(C)C. The first-order chi connectivity index (χ1) is 8.11. The van der Waals surface area contributed by atoms with Crippen molar-refractivity contribution in [3.8, 4) is 0 Å².